The van der Waals surface area contributed by atoms with Crippen LogP contribution in [0, 0.1) is 0 Å². The second-order valence-corrected chi connectivity index (χ2v) is 6.90. The van der Waals surface area contributed by atoms with E-state index in [4.69, 9.17) is 15.2 Å². The zero-order valence-corrected chi connectivity index (χ0v) is 12.7. The van der Waals surface area contributed by atoms with Crippen molar-refractivity contribution in [2.24, 2.45) is 0 Å². The summed E-state index contributed by atoms with van der Waals surface area (Å²) in [5.74, 6) is 0.297. The van der Waals surface area contributed by atoms with Gasteiger partial charge in [0.2, 0.25) is 10.0 Å². The van der Waals surface area contributed by atoms with Crippen molar-refractivity contribution in [2.45, 2.75) is 31.0 Å². The van der Waals surface area contributed by atoms with E-state index < -0.39 is 10.0 Å². The van der Waals surface area contributed by atoms with Crippen LogP contribution in [0.25, 0.3) is 0 Å². The number of nitrogens with two attached hydrogens (primary N) is 1. The van der Waals surface area contributed by atoms with E-state index in [1.54, 1.807) is 12.1 Å². The van der Waals surface area contributed by atoms with Crippen LogP contribution in [0.15, 0.2) is 23.1 Å². The van der Waals surface area contributed by atoms with Gasteiger partial charge in [-0.1, -0.05) is 0 Å². The van der Waals surface area contributed by atoms with Gasteiger partial charge in [-0.15, -0.1) is 0 Å². The molecular formula is C13H20N2O4S. The third-order valence-corrected chi connectivity index (χ3v) is 5.04. The number of nitrogens with zero attached hydrogens (tertiary/aromatic N) is 1. The maximum Gasteiger partial charge on any atom is 0.247 e. The highest BCUT2D eigenvalue weighted by Gasteiger charge is 2.34. The lowest BCUT2D eigenvalue weighted by Crippen LogP contribution is -2.48. The summed E-state index contributed by atoms with van der Waals surface area (Å²) >= 11 is 0. The van der Waals surface area contributed by atoms with Gasteiger partial charge in [0, 0.05) is 18.8 Å². The normalized spacial score (nSPS) is 24.6. The number of nitrogen functional groups attached to an aromatic ring is 1. The molecule has 2 rings (SSSR count). The van der Waals surface area contributed by atoms with Crippen molar-refractivity contribution in [3.05, 3.63) is 18.2 Å². The smallest absolute Gasteiger partial charge is 0.247 e. The van der Waals surface area contributed by atoms with Crippen LogP contribution >= 0.6 is 0 Å². The van der Waals surface area contributed by atoms with Crippen molar-refractivity contribution in [3.8, 4) is 5.75 Å². The molecule has 1 fully saturated rings. The van der Waals surface area contributed by atoms with Crippen molar-refractivity contribution in [1.82, 2.24) is 4.31 Å². The second-order valence-electron chi connectivity index (χ2n) is 4.99. The summed E-state index contributed by atoms with van der Waals surface area (Å²) in [4.78, 5) is 0.0984. The van der Waals surface area contributed by atoms with Crippen LogP contribution in [0.3, 0.4) is 0 Å². The van der Waals surface area contributed by atoms with Crippen LogP contribution < -0.4 is 10.5 Å². The molecule has 0 amide bonds. The first-order chi connectivity index (χ1) is 9.34. The Morgan fingerprint density at radius 3 is 2.45 bits per heavy atom. The van der Waals surface area contributed by atoms with E-state index in [-0.39, 0.29) is 17.1 Å². The van der Waals surface area contributed by atoms with Gasteiger partial charge >= 0.3 is 0 Å². The molecule has 20 heavy (non-hydrogen) atoms. The molecule has 7 heteroatoms. The predicted octanol–water partition coefficient (Wildman–Crippen LogP) is 1.08. The van der Waals surface area contributed by atoms with Crippen LogP contribution in [-0.2, 0) is 14.8 Å². The minimum absolute atomic E-state index is 0.0984. The van der Waals surface area contributed by atoms with E-state index >= 15 is 0 Å². The first-order valence-corrected chi connectivity index (χ1v) is 7.87. The van der Waals surface area contributed by atoms with E-state index in [1.807, 2.05) is 13.8 Å². The van der Waals surface area contributed by atoms with Crippen LogP contribution in [0.2, 0.25) is 0 Å². The van der Waals surface area contributed by atoms with Crippen molar-refractivity contribution >= 4 is 15.7 Å². The number of hydrogen-bond donors (Lipinski definition) is 1. The molecule has 1 saturated heterocycles. The molecule has 112 valence electrons. The van der Waals surface area contributed by atoms with Gasteiger partial charge in [0.1, 0.15) is 10.6 Å². The highest BCUT2D eigenvalue weighted by Crippen LogP contribution is 2.30. The van der Waals surface area contributed by atoms with Crippen molar-refractivity contribution < 1.29 is 17.9 Å². The fourth-order valence-corrected chi connectivity index (χ4v) is 4.14. The van der Waals surface area contributed by atoms with Crippen LogP contribution in [0.4, 0.5) is 5.69 Å². The molecule has 1 aromatic carbocycles. The third kappa shape index (κ3) is 2.89. The molecule has 0 radical (unpaired) electrons. The molecule has 1 aromatic rings. The molecule has 0 saturated carbocycles. The largest absolute Gasteiger partial charge is 0.495 e. The summed E-state index contributed by atoms with van der Waals surface area (Å²) in [5.41, 5.74) is 6.09. The molecule has 1 aliphatic rings. The zero-order chi connectivity index (χ0) is 14.9. The topological polar surface area (TPSA) is 81.9 Å². The number of anilines is 1. The fraction of sp³-hybridized carbons (Fsp3) is 0.538. The maximum absolute atomic E-state index is 12.7. The quantitative estimate of drug-likeness (QED) is 0.845. The average molecular weight is 300 g/mol. The molecule has 2 atom stereocenters. The Kier molecular flexibility index (Phi) is 4.22. The van der Waals surface area contributed by atoms with Gasteiger partial charge in [-0.3, -0.25) is 0 Å². The minimum Gasteiger partial charge on any atom is -0.495 e. The van der Waals surface area contributed by atoms with Crippen LogP contribution in [0.5, 0.6) is 5.75 Å². The Balaban J connectivity index is 2.42. The average Bonchev–Trinajstić information content (AvgIpc) is 2.37. The van der Waals surface area contributed by atoms with Crippen LogP contribution in [-0.4, -0.2) is 45.1 Å². The molecule has 6 nitrogen and oxygen atoms in total. The number of benzene rings is 1. The van der Waals surface area contributed by atoms with E-state index in [9.17, 15) is 8.42 Å². The summed E-state index contributed by atoms with van der Waals surface area (Å²) in [6.07, 6.45) is -0.277. The van der Waals surface area contributed by atoms with Crippen molar-refractivity contribution in [1.29, 1.82) is 0 Å². The lowest BCUT2D eigenvalue weighted by atomic mass is 10.3. The molecule has 0 spiro atoms. The third-order valence-electron chi connectivity index (χ3n) is 3.19. The number of morpholine rings is 1. The van der Waals surface area contributed by atoms with Gasteiger partial charge in [0.05, 0.1) is 19.3 Å². The zero-order valence-electron chi connectivity index (χ0n) is 11.9. The van der Waals surface area contributed by atoms with Gasteiger partial charge in [0.15, 0.2) is 0 Å². The summed E-state index contributed by atoms with van der Waals surface area (Å²) in [6.45, 7) is 4.36. The molecule has 1 heterocycles. The van der Waals surface area contributed by atoms with Crippen molar-refractivity contribution in [2.75, 3.05) is 25.9 Å². The maximum atomic E-state index is 12.7. The molecule has 2 N–H and O–H groups in total. The Morgan fingerprint density at radius 1 is 1.30 bits per heavy atom. The standard InChI is InChI=1S/C13H20N2O4S/c1-9-7-15(8-10(2)19-9)20(16,17)13-6-11(14)4-5-12(13)18-3/h4-6,9-10H,7-8,14H2,1-3H3/t9-,10+. The monoisotopic (exact) mass is 300 g/mol. The first-order valence-electron chi connectivity index (χ1n) is 6.43. The van der Waals surface area contributed by atoms with E-state index in [0.717, 1.165) is 0 Å². The number of methoxy groups -OCH3 is 1. The lowest BCUT2D eigenvalue weighted by Gasteiger charge is -2.34. The SMILES string of the molecule is COc1ccc(N)cc1S(=O)(=O)N1C[C@@H](C)O[C@@H](C)C1. The number of ether oxygens (including phenoxy) is 2. The number of sulfonamides is 1. The summed E-state index contributed by atoms with van der Waals surface area (Å²) < 4.78 is 37.6. The minimum atomic E-state index is -3.64. The highest BCUT2D eigenvalue weighted by atomic mass is 32.2. The second kappa shape index (κ2) is 5.59. The summed E-state index contributed by atoms with van der Waals surface area (Å²) in [7, 11) is -2.21. The molecule has 0 aromatic heterocycles. The van der Waals surface area contributed by atoms with E-state index in [2.05, 4.69) is 0 Å². The number of rotatable bonds is 3. The van der Waals surface area contributed by atoms with Gasteiger partial charge < -0.3 is 15.2 Å². The van der Waals surface area contributed by atoms with Gasteiger partial charge in [-0.05, 0) is 32.0 Å². The Hall–Kier alpha value is -1.31. The lowest BCUT2D eigenvalue weighted by molar-refractivity contribution is -0.0441. The Morgan fingerprint density at radius 2 is 1.90 bits per heavy atom. The first kappa shape index (κ1) is 15.1. The van der Waals surface area contributed by atoms with Gasteiger partial charge in [0.25, 0.3) is 0 Å². The predicted molar refractivity (Wildman–Crippen MR) is 76.2 cm³/mol. The molecular weight excluding hydrogens is 280 g/mol. The highest BCUT2D eigenvalue weighted by molar-refractivity contribution is 7.89. The van der Waals surface area contributed by atoms with Crippen LogP contribution in [0.1, 0.15) is 13.8 Å². The summed E-state index contributed by atoms with van der Waals surface area (Å²) in [5, 5.41) is 0. The molecule has 1 aliphatic heterocycles. The van der Waals surface area contributed by atoms with E-state index in [1.165, 1.54) is 17.5 Å². The molecule has 0 bridgehead atoms. The summed E-state index contributed by atoms with van der Waals surface area (Å²) in [6, 6.07) is 4.61. The van der Waals surface area contributed by atoms with E-state index in [0.29, 0.717) is 24.5 Å². The molecule has 0 aliphatic carbocycles. The van der Waals surface area contributed by atoms with Crippen molar-refractivity contribution in [3.63, 3.8) is 0 Å². The number of hydrogen-bond acceptors (Lipinski definition) is 5. The Bertz CT molecular complexity index is 578. The Labute approximate surface area is 119 Å². The molecule has 0 unspecified atom stereocenters. The van der Waals surface area contributed by atoms with Gasteiger partial charge in [-0.25, -0.2) is 8.42 Å². The fourth-order valence-electron chi connectivity index (χ4n) is 2.36. The van der Waals surface area contributed by atoms with Gasteiger partial charge in [-0.2, -0.15) is 4.31 Å².